The maximum atomic E-state index is 12.6. The fourth-order valence-electron chi connectivity index (χ4n) is 4.94. The van der Waals surface area contributed by atoms with Crippen LogP contribution in [0.2, 0.25) is 0 Å². The van der Waals surface area contributed by atoms with E-state index >= 15 is 0 Å². The van der Waals surface area contributed by atoms with E-state index in [1.807, 2.05) is 24.3 Å². The molecule has 0 unspecified atom stereocenters. The molecule has 1 atom stereocenters. The number of aromatic nitrogens is 1. The molecule has 2 N–H and O–H groups in total. The number of carbonyl (C=O) groups is 1. The first-order valence-electron chi connectivity index (χ1n) is 12.7. The smallest absolute Gasteiger partial charge is 0.258 e. The monoisotopic (exact) mass is 490 g/mol. The Morgan fingerprint density at radius 2 is 1.89 bits per heavy atom. The van der Waals surface area contributed by atoms with Crippen molar-refractivity contribution in [1.82, 2.24) is 20.1 Å². The molecule has 190 valence electrons. The van der Waals surface area contributed by atoms with Gasteiger partial charge in [-0.05, 0) is 23.6 Å². The first-order chi connectivity index (χ1) is 17.7. The Hall–Kier alpha value is -3.04. The lowest BCUT2D eigenvalue weighted by Gasteiger charge is -2.30. The van der Waals surface area contributed by atoms with Crippen LogP contribution in [-0.2, 0) is 29.0 Å². The number of hydrogen-bond acceptors (Lipinski definition) is 7. The van der Waals surface area contributed by atoms with Gasteiger partial charge in [0.25, 0.3) is 5.91 Å². The Kier molecular flexibility index (Phi) is 8.08. The zero-order valence-corrected chi connectivity index (χ0v) is 20.6. The Bertz CT molecular complexity index is 1180. The fraction of sp³-hybridized carbons (Fsp3) is 0.429. The number of fused-ring (bicyclic) bond motifs is 2. The summed E-state index contributed by atoms with van der Waals surface area (Å²) in [6, 6.07) is 16.4. The van der Waals surface area contributed by atoms with Gasteiger partial charge in [-0.1, -0.05) is 42.5 Å². The van der Waals surface area contributed by atoms with Crippen LogP contribution in [0, 0.1) is 0 Å². The average molecular weight is 491 g/mol. The van der Waals surface area contributed by atoms with Crippen molar-refractivity contribution in [2.75, 3.05) is 52.5 Å². The van der Waals surface area contributed by atoms with Crippen molar-refractivity contribution in [3.05, 3.63) is 71.4 Å². The molecule has 0 saturated carbocycles. The number of benzene rings is 2. The van der Waals surface area contributed by atoms with E-state index < -0.39 is 6.10 Å². The van der Waals surface area contributed by atoms with E-state index in [-0.39, 0.29) is 19.1 Å². The minimum Gasteiger partial charge on any atom is -0.481 e. The lowest BCUT2D eigenvalue weighted by atomic mass is 10.00. The number of β-amino-alcohol motifs (C(OH)–C–C–N with tert-alkyl or cyclic N) is 1. The van der Waals surface area contributed by atoms with Gasteiger partial charge in [0, 0.05) is 63.0 Å². The highest BCUT2D eigenvalue weighted by molar-refractivity contribution is 5.86. The quantitative estimate of drug-likeness (QED) is 0.474. The highest BCUT2D eigenvalue weighted by Gasteiger charge is 2.20. The summed E-state index contributed by atoms with van der Waals surface area (Å²) in [5.41, 5.74) is 4.44. The largest absolute Gasteiger partial charge is 0.481 e. The molecule has 5 rings (SSSR count). The first kappa shape index (κ1) is 24.6. The minimum atomic E-state index is -0.643. The predicted octanol–water partition coefficient (Wildman–Crippen LogP) is 1.98. The standard InChI is InChI=1S/C28H34N4O4/c33-25(19-32-11-9-21-4-1-2-5-23(21)17-32)16-30-26(34)20-36-28-24(18-31-12-14-35-15-13-31)8-7-22-6-3-10-29-27(22)28/h1-8,10,25,33H,9,11-20H2,(H,30,34)/t25-/m0/s1. The molecule has 0 radical (unpaired) electrons. The topological polar surface area (TPSA) is 87.2 Å². The summed E-state index contributed by atoms with van der Waals surface area (Å²) in [5.74, 6) is 0.380. The molecule has 1 fully saturated rings. The van der Waals surface area contributed by atoms with Gasteiger partial charge in [0.15, 0.2) is 12.4 Å². The lowest BCUT2D eigenvalue weighted by Crippen LogP contribution is -2.43. The SMILES string of the molecule is O=C(COc1c(CN2CCOCC2)ccc2cccnc12)NC[C@H](O)CN1CCc2ccccc2C1. The summed E-state index contributed by atoms with van der Waals surface area (Å²) in [6.07, 6.45) is 2.08. The van der Waals surface area contributed by atoms with E-state index in [1.165, 1.54) is 11.1 Å². The van der Waals surface area contributed by atoms with Gasteiger partial charge in [-0.15, -0.1) is 0 Å². The Morgan fingerprint density at radius 1 is 1.06 bits per heavy atom. The molecule has 36 heavy (non-hydrogen) atoms. The number of ether oxygens (including phenoxy) is 2. The predicted molar refractivity (Wildman–Crippen MR) is 138 cm³/mol. The molecule has 1 amide bonds. The van der Waals surface area contributed by atoms with Crippen LogP contribution in [0.25, 0.3) is 10.9 Å². The Labute approximate surface area is 211 Å². The zero-order valence-electron chi connectivity index (χ0n) is 20.6. The third kappa shape index (κ3) is 6.20. The van der Waals surface area contributed by atoms with Crippen LogP contribution in [0.15, 0.2) is 54.7 Å². The summed E-state index contributed by atoms with van der Waals surface area (Å²) in [5, 5.41) is 14.3. The molecule has 1 saturated heterocycles. The average Bonchev–Trinajstić information content (AvgIpc) is 2.91. The molecule has 2 aromatic carbocycles. The molecule has 8 heteroatoms. The van der Waals surface area contributed by atoms with Gasteiger partial charge in [-0.3, -0.25) is 19.6 Å². The number of nitrogens with one attached hydrogen (secondary N) is 1. The molecule has 0 aliphatic carbocycles. The summed E-state index contributed by atoms with van der Waals surface area (Å²) in [4.78, 5) is 21.7. The van der Waals surface area contributed by atoms with Crippen molar-refractivity contribution < 1.29 is 19.4 Å². The van der Waals surface area contributed by atoms with E-state index in [1.54, 1.807) is 6.20 Å². The van der Waals surface area contributed by atoms with Gasteiger partial charge < -0.3 is 19.9 Å². The van der Waals surface area contributed by atoms with Crippen molar-refractivity contribution in [2.45, 2.75) is 25.6 Å². The van der Waals surface area contributed by atoms with Crippen molar-refractivity contribution in [3.8, 4) is 5.75 Å². The van der Waals surface area contributed by atoms with E-state index in [4.69, 9.17) is 9.47 Å². The number of rotatable bonds is 9. The number of morpholine rings is 1. The number of amides is 1. The lowest BCUT2D eigenvalue weighted by molar-refractivity contribution is -0.123. The number of hydrogen-bond donors (Lipinski definition) is 2. The molecule has 8 nitrogen and oxygen atoms in total. The zero-order chi connectivity index (χ0) is 24.7. The second kappa shape index (κ2) is 11.8. The third-order valence-electron chi connectivity index (χ3n) is 6.87. The Morgan fingerprint density at radius 3 is 2.75 bits per heavy atom. The normalized spacial score (nSPS) is 17.5. The van der Waals surface area contributed by atoms with Crippen LogP contribution in [0.4, 0.5) is 0 Å². The fourth-order valence-corrected chi connectivity index (χ4v) is 4.94. The van der Waals surface area contributed by atoms with Crippen molar-refractivity contribution in [3.63, 3.8) is 0 Å². The molecule has 3 heterocycles. The molecule has 2 aliphatic rings. The number of carbonyl (C=O) groups excluding carboxylic acids is 1. The first-order valence-corrected chi connectivity index (χ1v) is 12.7. The number of pyridine rings is 1. The summed E-state index contributed by atoms with van der Waals surface area (Å²) >= 11 is 0. The van der Waals surface area contributed by atoms with Gasteiger partial charge in [0.1, 0.15) is 5.52 Å². The molecule has 3 aromatic rings. The molecule has 2 aliphatic heterocycles. The van der Waals surface area contributed by atoms with E-state index in [9.17, 15) is 9.90 Å². The van der Waals surface area contributed by atoms with Gasteiger partial charge in [-0.2, -0.15) is 0 Å². The van der Waals surface area contributed by atoms with Crippen molar-refractivity contribution >= 4 is 16.8 Å². The van der Waals surface area contributed by atoms with Gasteiger partial charge in [-0.25, -0.2) is 0 Å². The van der Waals surface area contributed by atoms with Crippen LogP contribution in [0.3, 0.4) is 0 Å². The van der Waals surface area contributed by atoms with Gasteiger partial charge >= 0.3 is 0 Å². The highest BCUT2D eigenvalue weighted by Crippen LogP contribution is 2.29. The van der Waals surface area contributed by atoms with E-state index in [0.717, 1.165) is 62.3 Å². The number of nitrogens with zero attached hydrogens (tertiary/aromatic N) is 3. The maximum absolute atomic E-state index is 12.6. The number of aliphatic hydroxyl groups is 1. The summed E-state index contributed by atoms with van der Waals surface area (Å²) in [7, 11) is 0. The third-order valence-corrected chi connectivity index (χ3v) is 6.87. The van der Waals surface area contributed by atoms with Gasteiger partial charge in [0.2, 0.25) is 0 Å². The minimum absolute atomic E-state index is 0.129. The molecular weight excluding hydrogens is 456 g/mol. The van der Waals surface area contributed by atoms with Crippen LogP contribution >= 0.6 is 0 Å². The molecule has 0 bridgehead atoms. The summed E-state index contributed by atoms with van der Waals surface area (Å²) < 4.78 is 11.5. The molecule has 0 spiro atoms. The number of aliphatic hydroxyl groups excluding tert-OH is 1. The highest BCUT2D eigenvalue weighted by atomic mass is 16.5. The van der Waals surface area contributed by atoms with Crippen molar-refractivity contribution in [2.24, 2.45) is 0 Å². The molecule has 1 aromatic heterocycles. The Balaban J connectivity index is 1.15. The second-order valence-corrected chi connectivity index (χ2v) is 9.52. The van der Waals surface area contributed by atoms with Crippen LogP contribution < -0.4 is 10.1 Å². The second-order valence-electron chi connectivity index (χ2n) is 9.52. The van der Waals surface area contributed by atoms with Crippen LogP contribution in [0.1, 0.15) is 16.7 Å². The maximum Gasteiger partial charge on any atom is 0.258 e. The van der Waals surface area contributed by atoms with Gasteiger partial charge in [0.05, 0.1) is 19.3 Å². The van der Waals surface area contributed by atoms with E-state index in [0.29, 0.717) is 18.8 Å². The summed E-state index contributed by atoms with van der Waals surface area (Å²) in [6.45, 7) is 6.19. The van der Waals surface area contributed by atoms with Crippen LogP contribution in [0.5, 0.6) is 5.75 Å². The van der Waals surface area contributed by atoms with Crippen molar-refractivity contribution in [1.29, 1.82) is 0 Å². The molecular formula is C28H34N4O4. The van der Waals surface area contributed by atoms with Crippen LogP contribution in [-0.4, -0.2) is 84.4 Å². The van der Waals surface area contributed by atoms with E-state index in [2.05, 4.69) is 44.4 Å².